The lowest BCUT2D eigenvalue weighted by molar-refractivity contribution is 0.237. The number of thiophene rings is 1. The molecule has 1 aromatic carbocycles. The largest absolute Gasteiger partial charge is 0.368 e. The Labute approximate surface area is 165 Å². The molecule has 0 radical (unpaired) electrons. The predicted octanol–water partition coefficient (Wildman–Crippen LogP) is 4.74. The third kappa shape index (κ3) is 4.66. The van der Waals surface area contributed by atoms with E-state index in [1.165, 1.54) is 48.2 Å². The van der Waals surface area contributed by atoms with Crippen LogP contribution in [0.2, 0.25) is 0 Å². The molecular weight excluding hydrogens is 352 g/mol. The molecule has 5 heteroatoms. The van der Waals surface area contributed by atoms with Gasteiger partial charge in [-0.2, -0.15) is 0 Å². The lowest BCUT2D eigenvalue weighted by atomic mass is 10.1. The maximum absolute atomic E-state index is 4.89. The summed E-state index contributed by atoms with van der Waals surface area (Å²) < 4.78 is 0. The fourth-order valence-corrected chi connectivity index (χ4v) is 4.68. The van der Waals surface area contributed by atoms with Gasteiger partial charge in [-0.05, 0) is 44.0 Å². The quantitative estimate of drug-likeness (QED) is 0.643. The summed E-state index contributed by atoms with van der Waals surface area (Å²) in [4.78, 5) is 14.8. The van der Waals surface area contributed by atoms with E-state index in [0.717, 1.165) is 42.4 Å². The van der Waals surface area contributed by atoms with Crippen molar-refractivity contribution in [2.24, 2.45) is 0 Å². The Hall–Kier alpha value is -1.98. The molecule has 4 rings (SSSR count). The predicted molar refractivity (Wildman–Crippen MR) is 115 cm³/mol. The molecule has 4 nitrogen and oxygen atoms in total. The second-order valence-electron chi connectivity index (χ2n) is 7.26. The molecular formula is C22H28N4S. The third-order valence-corrected chi connectivity index (χ3v) is 6.39. The molecule has 142 valence electrons. The van der Waals surface area contributed by atoms with Gasteiger partial charge in [-0.15, -0.1) is 11.3 Å². The number of likely N-dealkylation sites (tertiary alicyclic amines) is 1. The van der Waals surface area contributed by atoms with Gasteiger partial charge in [0, 0.05) is 24.4 Å². The molecule has 0 aliphatic carbocycles. The van der Waals surface area contributed by atoms with Crippen molar-refractivity contribution >= 4 is 27.4 Å². The van der Waals surface area contributed by atoms with Crippen molar-refractivity contribution in [3.63, 3.8) is 0 Å². The minimum atomic E-state index is 0.775. The van der Waals surface area contributed by atoms with Crippen molar-refractivity contribution in [2.75, 3.05) is 31.5 Å². The molecule has 0 atom stereocenters. The molecule has 0 amide bonds. The molecule has 3 aromatic rings. The number of anilines is 1. The highest BCUT2D eigenvalue weighted by Crippen LogP contribution is 2.29. The molecule has 1 aliphatic heterocycles. The average Bonchev–Trinajstić information content (AvgIpc) is 3.13. The maximum atomic E-state index is 4.89. The molecule has 2 aromatic heterocycles. The lowest BCUT2D eigenvalue weighted by Gasteiger charge is -2.26. The van der Waals surface area contributed by atoms with Crippen molar-refractivity contribution in [1.29, 1.82) is 0 Å². The highest BCUT2D eigenvalue weighted by atomic mass is 32.1. The summed E-state index contributed by atoms with van der Waals surface area (Å²) in [5, 5.41) is 4.79. The van der Waals surface area contributed by atoms with E-state index >= 15 is 0 Å². The molecule has 0 unspecified atom stereocenters. The number of nitrogens with one attached hydrogen (secondary N) is 1. The van der Waals surface area contributed by atoms with E-state index in [9.17, 15) is 0 Å². The highest BCUT2D eigenvalue weighted by molar-refractivity contribution is 7.18. The molecule has 1 aliphatic rings. The van der Waals surface area contributed by atoms with Gasteiger partial charge in [0.2, 0.25) is 0 Å². The van der Waals surface area contributed by atoms with Gasteiger partial charge in [0.25, 0.3) is 0 Å². The van der Waals surface area contributed by atoms with Crippen LogP contribution >= 0.6 is 11.3 Å². The number of hydrogen-bond donors (Lipinski definition) is 1. The normalized spacial score (nSPS) is 15.3. The highest BCUT2D eigenvalue weighted by Gasteiger charge is 2.13. The summed E-state index contributed by atoms with van der Waals surface area (Å²) in [6.07, 6.45) is 5.87. The molecule has 1 fully saturated rings. The van der Waals surface area contributed by atoms with Crippen LogP contribution in [0.25, 0.3) is 10.2 Å². The molecule has 0 spiro atoms. The summed E-state index contributed by atoms with van der Waals surface area (Å²) >= 11 is 1.80. The minimum Gasteiger partial charge on any atom is -0.368 e. The fraction of sp³-hybridized carbons (Fsp3) is 0.455. The van der Waals surface area contributed by atoms with Gasteiger partial charge >= 0.3 is 0 Å². The Bertz CT molecular complexity index is 869. The Morgan fingerprint density at radius 2 is 1.89 bits per heavy atom. The number of piperidine rings is 1. The van der Waals surface area contributed by atoms with Crippen molar-refractivity contribution in [1.82, 2.24) is 14.9 Å². The number of rotatable bonds is 7. The van der Waals surface area contributed by atoms with E-state index in [1.54, 1.807) is 11.3 Å². The topological polar surface area (TPSA) is 41.0 Å². The fourth-order valence-electron chi connectivity index (χ4n) is 3.70. The van der Waals surface area contributed by atoms with E-state index < -0.39 is 0 Å². The smallest absolute Gasteiger partial charge is 0.138 e. The van der Waals surface area contributed by atoms with Crippen LogP contribution in [-0.4, -0.2) is 41.0 Å². The average molecular weight is 381 g/mol. The Morgan fingerprint density at radius 1 is 1.07 bits per heavy atom. The van der Waals surface area contributed by atoms with Crippen LogP contribution in [0.1, 0.15) is 42.5 Å². The first-order valence-corrected chi connectivity index (χ1v) is 10.9. The van der Waals surface area contributed by atoms with Crippen LogP contribution in [0.3, 0.4) is 0 Å². The zero-order valence-electron chi connectivity index (χ0n) is 16.1. The first-order valence-electron chi connectivity index (χ1n) is 10.1. The monoisotopic (exact) mass is 380 g/mol. The molecule has 0 saturated carbocycles. The minimum absolute atomic E-state index is 0.775. The summed E-state index contributed by atoms with van der Waals surface area (Å²) in [5.74, 6) is 1.90. The molecule has 0 bridgehead atoms. The Balaban J connectivity index is 1.53. The van der Waals surface area contributed by atoms with Gasteiger partial charge < -0.3 is 10.2 Å². The van der Waals surface area contributed by atoms with Crippen molar-refractivity contribution in [3.8, 4) is 0 Å². The lowest BCUT2D eigenvalue weighted by Crippen LogP contribution is -2.33. The zero-order chi connectivity index (χ0) is 18.5. The zero-order valence-corrected chi connectivity index (χ0v) is 16.9. The first-order chi connectivity index (χ1) is 13.3. The summed E-state index contributed by atoms with van der Waals surface area (Å²) in [6, 6.07) is 12.7. The van der Waals surface area contributed by atoms with Crippen molar-refractivity contribution in [3.05, 3.63) is 52.7 Å². The van der Waals surface area contributed by atoms with Crippen LogP contribution in [0.5, 0.6) is 0 Å². The first kappa shape index (κ1) is 18.4. The Morgan fingerprint density at radius 3 is 2.67 bits per heavy atom. The maximum Gasteiger partial charge on any atom is 0.138 e. The van der Waals surface area contributed by atoms with Gasteiger partial charge in [0.1, 0.15) is 16.5 Å². The second-order valence-corrected chi connectivity index (χ2v) is 8.38. The van der Waals surface area contributed by atoms with Gasteiger partial charge in [-0.3, -0.25) is 0 Å². The van der Waals surface area contributed by atoms with E-state index in [-0.39, 0.29) is 0 Å². The van der Waals surface area contributed by atoms with E-state index in [4.69, 9.17) is 9.97 Å². The molecule has 3 heterocycles. The van der Waals surface area contributed by atoms with Crippen LogP contribution in [0.15, 0.2) is 36.4 Å². The van der Waals surface area contributed by atoms with Crippen LogP contribution < -0.4 is 5.32 Å². The van der Waals surface area contributed by atoms with Crippen LogP contribution in [0, 0.1) is 0 Å². The SMILES string of the molecule is CCc1cc2c(NCCN3CCCCC3)nc(Cc3ccccc3)nc2s1. The summed E-state index contributed by atoms with van der Waals surface area (Å²) in [7, 11) is 0. The number of hydrogen-bond acceptors (Lipinski definition) is 5. The molecule has 27 heavy (non-hydrogen) atoms. The number of nitrogens with zero attached hydrogens (tertiary/aromatic N) is 3. The van der Waals surface area contributed by atoms with Gasteiger partial charge in [0.05, 0.1) is 5.39 Å². The standard InChI is InChI=1S/C22H28N4S/c1-2-18-16-19-21(23-11-14-26-12-7-4-8-13-26)24-20(25-22(19)27-18)15-17-9-5-3-6-10-17/h3,5-6,9-10,16H,2,4,7-8,11-15H2,1H3,(H,23,24,25). The van der Waals surface area contributed by atoms with Gasteiger partial charge in [-0.1, -0.05) is 43.7 Å². The Kier molecular flexibility index (Phi) is 6.00. The second kappa shape index (κ2) is 8.81. The van der Waals surface area contributed by atoms with E-state index in [1.807, 2.05) is 6.07 Å². The van der Waals surface area contributed by atoms with E-state index in [0.29, 0.717) is 0 Å². The summed E-state index contributed by atoms with van der Waals surface area (Å²) in [5.41, 5.74) is 1.25. The third-order valence-electron chi connectivity index (χ3n) is 5.21. The molecule has 1 N–H and O–H groups in total. The number of benzene rings is 1. The summed E-state index contributed by atoms with van der Waals surface area (Å²) in [6.45, 7) is 6.70. The molecule has 1 saturated heterocycles. The van der Waals surface area contributed by atoms with Crippen LogP contribution in [-0.2, 0) is 12.8 Å². The van der Waals surface area contributed by atoms with Crippen LogP contribution in [0.4, 0.5) is 5.82 Å². The van der Waals surface area contributed by atoms with Crippen molar-refractivity contribution in [2.45, 2.75) is 39.0 Å². The number of fused-ring (bicyclic) bond motifs is 1. The van der Waals surface area contributed by atoms with E-state index in [2.05, 4.69) is 47.5 Å². The van der Waals surface area contributed by atoms with Crippen molar-refractivity contribution < 1.29 is 0 Å². The van der Waals surface area contributed by atoms with Gasteiger partial charge in [-0.25, -0.2) is 9.97 Å². The number of aromatic nitrogens is 2. The number of aryl methyl sites for hydroxylation is 1. The van der Waals surface area contributed by atoms with Gasteiger partial charge in [0.15, 0.2) is 0 Å².